The monoisotopic (exact) mass is 421 g/mol. The summed E-state index contributed by atoms with van der Waals surface area (Å²) >= 11 is 1.28. The van der Waals surface area contributed by atoms with E-state index >= 15 is 0 Å². The normalized spacial score (nSPS) is 10.6. The molecule has 0 unspecified atom stereocenters. The molecule has 0 atom stereocenters. The van der Waals surface area contributed by atoms with E-state index in [2.05, 4.69) is 25.7 Å². The third-order valence-electron chi connectivity index (χ3n) is 3.96. The number of benzene rings is 2. The van der Waals surface area contributed by atoms with Crippen LogP contribution in [0.15, 0.2) is 78.1 Å². The van der Waals surface area contributed by atoms with Gasteiger partial charge in [0.1, 0.15) is 28.0 Å². The Morgan fingerprint density at radius 1 is 1.07 bits per heavy atom. The smallest absolute Gasteiger partial charge is 0.234 e. The number of aromatic amines is 1. The average Bonchev–Trinajstić information content (AvgIpc) is 3.23. The van der Waals surface area contributed by atoms with Crippen molar-refractivity contribution in [1.82, 2.24) is 20.4 Å². The van der Waals surface area contributed by atoms with Crippen molar-refractivity contribution in [1.29, 1.82) is 0 Å². The molecule has 2 aromatic carbocycles. The van der Waals surface area contributed by atoms with Gasteiger partial charge in [-0.3, -0.25) is 9.78 Å². The molecule has 0 aliphatic rings. The lowest BCUT2D eigenvalue weighted by Gasteiger charge is -2.08. The number of aromatic nitrogens is 4. The molecule has 0 bridgehead atoms. The van der Waals surface area contributed by atoms with Crippen molar-refractivity contribution >= 4 is 23.4 Å². The Hall–Kier alpha value is -3.72. The topological polar surface area (TPSA) is 92.8 Å². The molecule has 4 aromatic rings. The van der Waals surface area contributed by atoms with Gasteiger partial charge in [-0.1, -0.05) is 17.8 Å². The van der Waals surface area contributed by atoms with E-state index in [0.717, 1.165) is 5.56 Å². The lowest BCUT2D eigenvalue weighted by molar-refractivity contribution is -0.113. The molecule has 4 rings (SSSR count). The predicted molar refractivity (Wildman–Crippen MR) is 112 cm³/mol. The van der Waals surface area contributed by atoms with Crippen LogP contribution < -0.4 is 10.1 Å². The summed E-state index contributed by atoms with van der Waals surface area (Å²) in [6.45, 7) is 0. The lowest BCUT2D eigenvalue weighted by atomic mass is 10.2. The maximum Gasteiger partial charge on any atom is 0.234 e. The van der Waals surface area contributed by atoms with Gasteiger partial charge in [0.2, 0.25) is 5.91 Å². The van der Waals surface area contributed by atoms with Crippen LogP contribution in [0.5, 0.6) is 11.5 Å². The molecule has 2 heterocycles. The number of carbonyl (C=O) groups excluding carboxylic acids is 1. The summed E-state index contributed by atoms with van der Waals surface area (Å²) in [6.07, 6.45) is 3.37. The van der Waals surface area contributed by atoms with Crippen LogP contribution in [0, 0.1) is 5.82 Å². The molecule has 2 aromatic heterocycles. The quantitative estimate of drug-likeness (QED) is 0.426. The summed E-state index contributed by atoms with van der Waals surface area (Å²) < 4.78 is 18.8. The van der Waals surface area contributed by atoms with Crippen LogP contribution in [-0.2, 0) is 4.79 Å². The van der Waals surface area contributed by atoms with E-state index in [9.17, 15) is 9.18 Å². The summed E-state index contributed by atoms with van der Waals surface area (Å²) in [5.41, 5.74) is 2.10. The van der Waals surface area contributed by atoms with E-state index < -0.39 is 0 Å². The molecule has 0 saturated carbocycles. The number of hydrogen-bond acceptors (Lipinski definition) is 6. The number of nitrogens with one attached hydrogen (secondary N) is 2. The van der Waals surface area contributed by atoms with Crippen molar-refractivity contribution in [3.63, 3.8) is 0 Å². The van der Waals surface area contributed by atoms with Gasteiger partial charge < -0.3 is 10.1 Å². The first kappa shape index (κ1) is 19.6. The third kappa shape index (κ3) is 5.00. The summed E-state index contributed by atoms with van der Waals surface area (Å²) in [7, 11) is 0. The maximum atomic E-state index is 13.2. The van der Waals surface area contributed by atoms with Crippen LogP contribution in [0.1, 0.15) is 0 Å². The number of amides is 1. The summed E-state index contributed by atoms with van der Waals surface area (Å²) in [5.74, 6) is 0.560. The molecule has 9 heteroatoms. The van der Waals surface area contributed by atoms with E-state index in [1.807, 2.05) is 12.1 Å². The van der Waals surface area contributed by atoms with Gasteiger partial charge in [-0.05, 0) is 48.5 Å². The molecule has 150 valence electrons. The van der Waals surface area contributed by atoms with Crippen molar-refractivity contribution in [2.45, 2.75) is 5.03 Å². The van der Waals surface area contributed by atoms with Crippen molar-refractivity contribution in [3.05, 3.63) is 78.9 Å². The Morgan fingerprint density at radius 2 is 1.93 bits per heavy atom. The first-order chi connectivity index (χ1) is 14.7. The average molecular weight is 421 g/mol. The lowest BCUT2D eigenvalue weighted by Crippen LogP contribution is -2.14. The number of thioether (sulfide) groups is 1. The highest BCUT2D eigenvalue weighted by Gasteiger charge is 2.13. The molecule has 30 heavy (non-hydrogen) atoms. The Labute approximate surface area is 175 Å². The Bertz CT molecular complexity index is 1140. The largest absolute Gasteiger partial charge is 0.457 e. The van der Waals surface area contributed by atoms with E-state index in [1.165, 1.54) is 23.9 Å². The molecular weight excluding hydrogens is 405 g/mol. The highest BCUT2D eigenvalue weighted by Crippen LogP contribution is 2.27. The number of anilines is 1. The van der Waals surface area contributed by atoms with Crippen LogP contribution in [-0.4, -0.2) is 32.1 Å². The third-order valence-corrected chi connectivity index (χ3v) is 4.93. The molecule has 2 N–H and O–H groups in total. The van der Waals surface area contributed by atoms with Gasteiger partial charge in [-0.25, -0.2) is 4.39 Å². The number of pyridine rings is 1. The molecule has 0 fully saturated rings. The van der Waals surface area contributed by atoms with Crippen molar-refractivity contribution < 1.29 is 13.9 Å². The fourth-order valence-corrected chi connectivity index (χ4v) is 3.36. The Kier molecular flexibility index (Phi) is 6.00. The predicted octanol–water partition coefficient (Wildman–Crippen LogP) is 4.53. The van der Waals surface area contributed by atoms with Crippen molar-refractivity contribution in [2.24, 2.45) is 0 Å². The standard InChI is InChI=1S/C21H16FN5O2S/c22-15-4-1-5-18(11-15)29-17-8-6-16(7-9-17)24-19(28)13-30-21-20(25-27-26-21)14-3-2-10-23-12-14/h1-12H,13H2,(H,24,28)(H,25,26,27). The number of ether oxygens (including phenoxy) is 1. The SMILES string of the molecule is O=C(CSc1n[nH]nc1-c1cccnc1)Nc1ccc(Oc2cccc(F)c2)cc1. The minimum Gasteiger partial charge on any atom is -0.457 e. The zero-order chi connectivity index (χ0) is 20.8. The second kappa shape index (κ2) is 9.19. The fraction of sp³-hybridized carbons (Fsp3) is 0.0476. The minimum atomic E-state index is -0.368. The van der Waals surface area contributed by atoms with Crippen LogP contribution in [0.2, 0.25) is 0 Å². The van der Waals surface area contributed by atoms with Gasteiger partial charge in [0.25, 0.3) is 0 Å². The van der Waals surface area contributed by atoms with Crippen LogP contribution in [0.4, 0.5) is 10.1 Å². The number of rotatable bonds is 7. The molecule has 0 aliphatic carbocycles. The molecule has 0 aliphatic heterocycles. The zero-order valence-corrected chi connectivity index (χ0v) is 16.4. The molecule has 0 radical (unpaired) electrons. The van der Waals surface area contributed by atoms with E-state index in [4.69, 9.17) is 4.74 Å². The first-order valence-corrected chi connectivity index (χ1v) is 9.93. The molecule has 0 spiro atoms. The molecule has 7 nitrogen and oxygen atoms in total. The van der Waals surface area contributed by atoms with Crippen molar-refractivity contribution in [2.75, 3.05) is 11.1 Å². The Morgan fingerprint density at radius 3 is 2.70 bits per heavy atom. The van der Waals surface area contributed by atoms with Gasteiger partial charge in [-0.2, -0.15) is 10.3 Å². The van der Waals surface area contributed by atoms with E-state index in [0.29, 0.717) is 27.9 Å². The number of H-pyrrole nitrogens is 1. The van der Waals surface area contributed by atoms with Crippen LogP contribution in [0.3, 0.4) is 0 Å². The van der Waals surface area contributed by atoms with Gasteiger partial charge in [0.05, 0.1) is 5.75 Å². The summed E-state index contributed by atoms with van der Waals surface area (Å²) in [4.78, 5) is 16.4. The van der Waals surface area contributed by atoms with Crippen LogP contribution in [0.25, 0.3) is 11.3 Å². The zero-order valence-electron chi connectivity index (χ0n) is 15.6. The molecule has 1 amide bonds. The van der Waals surface area contributed by atoms with Gasteiger partial charge in [0, 0.05) is 29.7 Å². The van der Waals surface area contributed by atoms with Crippen molar-refractivity contribution in [3.8, 4) is 22.8 Å². The molecule has 0 saturated heterocycles. The van der Waals surface area contributed by atoms with E-state index in [1.54, 1.807) is 48.8 Å². The highest BCUT2D eigenvalue weighted by molar-refractivity contribution is 8.00. The number of carbonyl (C=O) groups is 1. The number of hydrogen-bond donors (Lipinski definition) is 2. The Balaban J connectivity index is 1.32. The minimum absolute atomic E-state index is 0.168. The second-order valence-electron chi connectivity index (χ2n) is 6.14. The van der Waals surface area contributed by atoms with Crippen LogP contribution >= 0.6 is 11.8 Å². The van der Waals surface area contributed by atoms with E-state index in [-0.39, 0.29) is 17.5 Å². The van der Waals surface area contributed by atoms with Gasteiger partial charge >= 0.3 is 0 Å². The first-order valence-electron chi connectivity index (χ1n) is 8.95. The maximum absolute atomic E-state index is 13.2. The number of halogens is 1. The fourth-order valence-electron chi connectivity index (χ4n) is 2.62. The molecular formula is C21H16FN5O2S. The number of nitrogens with zero attached hydrogens (tertiary/aromatic N) is 3. The summed E-state index contributed by atoms with van der Waals surface area (Å²) in [5, 5.41) is 14.3. The second-order valence-corrected chi connectivity index (χ2v) is 7.10. The van der Waals surface area contributed by atoms with Gasteiger partial charge in [0.15, 0.2) is 0 Å². The summed E-state index contributed by atoms with van der Waals surface area (Å²) in [6, 6.07) is 16.4. The van der Waals surface area contributed by atoms with Gasteiger partial charge in [-0.15, -0.1) is 5.10 Å². The highest BCUT2D eigenvalue weighted by atomic mass is 32.2.